The molecule has 5 nitrogen and oxygen atoms in total. The van der Waals surface area contributed by atoms with Crippen LogP contribution in [0, 0.1) is 0 Å². The summed E-state index contributed by atoms with van der Waals surface area (Å²) in [6.45, 7) is 9.52. The van der Waals surface area contributed by atoms with Crippen LogP contribution in [0.15, 0.2) is 12.4 Å². The smallest absolute Gasteiger partial charge is 0.236 e. The van der Waals surface area contributed by atoms with Crippen molar-refractivity contribution in [3.8, 4) is 0 Å². The number of aryl methyl sites for hydroxylation is 1. The Balaban J connectivity index is 2.29. The third-order valence-electron chi connectivity index (χ3n) is 2.73. The fourth-order valence-electron chi connectivity index (χ4n) is 1.67. The minimum atomic E-state index is 0.151. The van der Waals surface area contributed by atoms with E-state index in [2.05, 4.69) is 10.4 Å². The summed E-state index contributed by atoms with van der Waals surface area (Å²) in [5, 5.41) is 7.32. The Morgan fingerprint density at radius 3 is 2.65 bits per heavy atom. The van der Waals surface area contributed by atoms with Crippen LogP contribution in [0.1, 0.15) is 26.3 Å². The average Bonchev–Trinajstić information content (AvgIpc) is 2.78. The number of hydrogen-bond acceptors (Lipinski definition) is 3. The number of aromatic nitrogens is 2. The molecule has 0 aliphatic rings. The van der Waals surface area contributed by atoms with Crippen molar-refractivity contribution in [2.45, 2.75) is 33.9 Å². The van der Waals surface area contributed by atoms with Crippen molar-refractivity contribution in [1.29, 1.82) is 0 Å². The van der Waals surface area contributed by atoms with E-state index in [1.807, 2.05) is 42.7 Å². The highest BCUT2D eigenvalue weighted by Crippen LogP contribution is 1.97. The van der Waals surface area contributed by atoms with E-state index in [4.69, 9.17) is 0 Å². The molecule has 0 aliphatic carbocycles. The van der Waals surface area contributed by atoms with E-state index in [0.717, 1.165) is 25.2 Å². The summed E-state index contributed by atoms with van der Waals surface area (Å²) in [4.78, 5) is 13.5. The van der Waals surface area contributed by atoms with Gasteiger partial charge in [0.05, 0.1) is 12.7 Å². The molecule has 1 aromatic heterocycles. The number of amides is 1. The fraction of sp³-hybridized carbons (Fsp3) is 0.667. The maximum Gasteiger partial charge on any atom is 0.236 e. The number of likely N-dealkylation sites (N-methyl/N-ethyl adjacent to an activating group) is 1. The minimum absolute atomic E-state index is 0.151. The standard InChI is InChI=1S/C12H22N4O/c1-4-15(5-2)12(17)9-13-7-11-8-14-16(6-3)10-11/h8,10,13H,4-7,9H2,1-3H3. The molecule has 17 heavy (non-hydrogen) atoms. The Bertz CT molecular complexity index is 344. The Kier molecular flexibility index (Phi) is 5.69. The normalized spacial score (nSPS) is 10.5. The van der Waals surface area contributed by atoms with Crippen LogP contribution in [0.4, 0.5) is 0 Å². The van der Waals surface area contributed by atoms with Crippen molar-refractivity contribution < 1.29 is 4.79 Å². The molecular weight excluding hydrogens is 216 g/mol. The predicted octanol–water partition coefficient (Wildman–Crippen LogP) is 0.861. The summed E-state index contributed by atoms with van der Waals surface area (Å²) >= 11 is 0. The van der Waals surface area contributed by atoms with Crippen LogP contribution in [0.2, 0.25) is 0 Å². The van der Waals surface area contributed by atoms with Gasteiger partial charge in [0.1, 0.15) is 0 Å². The Morgan fingerprint density at radius 1 is 1.41 bits per heavy atom. The molecule has 0 aromatic carbocycles. The Hall–Kier alpha value is -1.36. The van der Waals surface area contributed by atoms with Gasteiger partial charge < -0.3 is 10.2 Å². The van der Waals surface area contributed by atoms with Gasteiger partial charge in [0.15, 0.2) is 0 Å². The van der Waals surface area contributed by atoms with Gasteiger partial charge in [-0.15, -0.1) is 0 Å². The molecule has 1 rings (SSSR count). The van der Waals surface area contributed by atoms with Gasteiger partial charge in [-0.05, 0) is 20.8 Å². The second-order valence-corrected chi connectivity index (χ2v) is 3.87. The van der Waals surface area contributed by atoms with Crippen LogP contribution in [0.25, 0.3) is 0 Å². The summed E-state index contributed by atoms with van der Waals surface area (Å²) in [5.74, 6) is 0.151. The lowest BCUT2D eigenvalue weighted by molar-refractivity contribution is -0.129. The van der Waals surface area contributed by atoms with Crippen LogP contribution < -0.4 is 5.32 Å². The molecule has 0 aliphatic heterocycles. The number of hydrogen-bond donors (Lipinski definition) is 1. The van der Waals surface area contributed by atoms with Crippen LogP contribution in [-0.4, -0.2) is 40.2 Å². The van der Waals surface area contributed by atoms with Crippen LogP contribution in [0.3, 0.4) is 0 Å². The molecule has 1 aromatic rings. The summed E-state index contributed by atoms with van der Waals surface area (Å²) in [6.07, 6.45) is 3.83. The first-order valence-corrected chi connectivity index (χ1v) is 6.21. The number of nitrogens with one attached hydrogen (secondary N) is 1. The molecule has 5 heteroatoms. The van der Waals surface area contributed by atoms with Crippen molar-refractivity contribution in [3.05, 3.63) is 18.0 Å². The van der Waals surface area contributed by atoms with E-state index in [1.165, 1.54) is 0 Å². The Morgan fingerprint density at radius 2 is 2.12 bits per heavy atom. The molecule has 0 bridgehead atoms. The van der Waals surface area contributed by atoms with E-state index in [9.17, 15) is 4.79 Å². The van der Waals surface area contributed by atoms with Crippen molar-refractivity contribution in [3.63, 3.8) is 0 Å². The first-order valence-electron chi connectivity index (χ1n) is 6.21. The first-order chi connectivity index (χ1) is 8.21. The number of carbonyl (C=O) groups excluding carboxylic acids is 1. The van der Waals surface area contributed by atoms with Crippen molar-refractivity contribution >= 4 is 5.91 Å². The molecule has 0 spiro atoms. The van der Waals surface area contributed by atoms with E-state index in [0.29, 0.717) is 13.1 Å². The van der Waals surface area contributed by atoms with Gasteiger partial charge in [-0.3, -0.25) is 9.48 Å². The number of carbonyl (C=O) groups is 1. The van der Waals surface area contributed by atoms with E-state index in [-0.39, 0.29) is 5.91 Å². The molecule has 1 amide bonds. The monoisotopic (exact) mass is 238 g/mol. The third kappa shape index (κ3) is 4.19. The summed E-state index contributed by atoms with van der Waals surface area (Å²) in [6, 6.07) is 0. The third-order valence-corrected chi connectivity index (χ3v) is 2.73. The highest BCUT2D eigenvalue weighted by Gasteiger charge is 2.08. The van der Waals surface area contributed by atoms with Gasteiger partial charge in [0.25, 0.3) is 0 Å². The fourth-order valence-corrected chi connectivity index (χ4v) is 1.67. The molecule has 0 atom stereocenters. The molecular formula is C12H22N4O. The van der Waals surface area contributed by atoms with Crippen molar-refractivity contribution in [2.24, 2.45) is 0 Å². The molecule has 0 saturated carbocycles. The maximum atomic E-state index is 11.7. The summed E-state index contributed by atoms with van der Waals surface area (Å²) < 4.78 is 1.88. The maximum absolute atomic E-state index is 11.7. The zero-order valence-electron chi connectivity index (χ0n) is 10.9. The van der Waals surface area contributed by atoms with Gasteiger partial charge in [-0.1, -0.05) is 0 Å². The lowest BCUT2D eigenvalue weighted by Gasteiger charge is -2.18. The minimum Gasteiger partial charge on any atom is -0.342 e. The zero-order chi connectivity index (χ0) is 12.7. The number of rotatable bonds is 7. The SMILES string of the molecule is CCN(CC)C(=O)CNCc1cnn(CC)c1. The second kappa shape index (κ2) is 7.06. The molecule has 96 valence electrons. The second-order valence-electron chi connectivity index (χ2n) is 3.87. The topological polar surface area (TPSA) is 50.2 Å². The lowest BCUT2D eigenvalue weighted by atomic mass is 10.3. The predicted molar refractivity (Wildman–Crippen MR) is 67.5 cm³/mol. The zero-order valence-corrected chi connectivity index (χ0v) is 10.9. The Labute approximate surface area is 103 Å². The highest BCUT2D eigenvalue weighted by atomic mass is 16.2. The molecule has 0 saturated heterocycles. The van der Waals surface area contributed by atoms with Gasteiger partial charge in [0.2, 0.25) is 5.91 Å². The molecule has 1 heterocycles. The average molecular weight is 238 g/mol. The van der Waals surface area contributed by atoms with E-state index < -0.39 is 0 Å². The van der Waals surface area contributed by atoms with E-state index in [1.54, 1.807) is 0 Å². The van der Waals surface area contributed by atoms with Gasteiger partial charge in [-0.2, -0.15) is 5.10 Å². The van der Waals surface area contributed by atoms with Gasteiger partial charge in [0, 0.05) is 37.9 Å². The largest absolute Gasteiger partial charge is 0.342 e. The number of nitrogens with zero attached hydrogens (tertiary/aromatic N) is 3. The van der Waals surface area contributed by atoms with E-state index >= 15 is 0 Å². The first kappa shape index (κ1) is 13.7. The highest BCUT2D eigenvalue weighted by molar-refractivity contribution is 5.78. The van der Waals surface area contributed by atoms with Crippen molar-refractivity contribution in [2.75, 3.05) is 19.6 Å². The summed E-state index contributed by atoms with van der Waals surface area (Å²) in [7, 11) is 0. The van der Waals surface area contributed by atoms with Crippen LogP contribution >= 0.6 is 0 Å². The van der Waals surface area contributed by atoms with Gasteiger partial charge in [-0.25, -0.2) is 0 Å². The van der Waals surface area contributed by atoms with Crippen LogP contribution in [0.5, 0.6) is 0 Å². The van der Waals surface area contributed by atoms with Crippen molar-refractivity contribution in [1.82, 2.24) is 20.0 Å². The molecule has 0 unspecified atom stereocenters. The quantitative estimate of drug-likeness (QED) is 0.766. The molecule has 0 radical (unpaired) electrons. The molecule has 1 N–H and O–H groups in total. The van der Waals surface area contributed by atoms with Gasteiger partial charge >= 0.3 is 0 Å². The van der Waals surface area contributed by atoms with Crippen LogP contribution in [-0.2, 0) is 17.9 Å². The molecule has 0 fully saturated rings. The lowest BCUT2D eigenvalue weighted by Crippen LogP contribution is -2.37. The summed E-state index contributed by atoms with van der Waals surface area (Å²) in [5.41, 5.74) is 1.11.